The van der Waals surface area contributed by atoms with E-state index in [1.165, 1.54) is 6.07 Å². The Morgan fingerprint density at radius 3 is 2.75 bits per heavy atom. The van der Waals surface area contributed by atoms with Crippen molar-refractivity contribution in [3.63, 3.8) is 0 Å². The zero-order valence-corrected chi connectivity index (χ0v) is 15.0. The highest BCUT2D eigenvalue weighted by molar-refractivity contribution is 5.93. The average molecular weight is 383 g/mol. The molecule has 1 aliphatic rings. The average Bonchev–Trinajstić information content (AvgIpc) is 3.24. The molecule has 0 bridgehead atoms. The zero-order valence-electron chi connectivity index (χ0n) is 15.0. The third kappa shape index (κ3) is 3.99. The van der Waals surface area contributed by atoms with Crippen molar-refractivity contribution in [2.45, 2.75) is 6.54 Å². The van der Waals surface area contributed by atoms with E-state index in [4.69, 9.17) is 9.26 Å². The number of carbonyl (C=O) groups excluding carboxylic acids is 1. The van der Waals surface area contributed by atoms with Gasteiger partial charge < -0.3 is 19.5 Å². The van der Waals surface area contributed by atoms with Crippen LogP contribution < -0.4 is 10.2 Å². The minimum absolute atomic E-state index is 0.129. The molecule has 9 heteroatoms. The fourth-order valence-electron chi connectivity index (χ4n) is 2.88. The maximum absolute atomic E-state index is 14.4. The van der Waals surface area contributed by atoms with Crippen LogP contribution in [0.5, 0.6) is 0 Å². The van der Waals surface area contributed by atoms with Crippen molar-refractivity contribution in [3.05, 3.63) is 59.9 Å². The molecule has 1 amide bonds. The number of nitrogens with one attached hydrogen (secondary N) is 1. The van der Waals surface area contributed by atoms with Crippen LogP contribution in [0, 0.1) is 5.82 Å². The molecular formula is C19H18FN5O3. The summed E-state index contributed by atoms with van der Waals surface area (Å²) < 4.78 is 24.8. The molecule has 4 heterocycles. The van der Waals surface area contributed by atoms with Crippen molar-refractivity contribution in [2.24, 2.45) is 0 Å². The molecule has 1 N–H and O–H groups in total. The van der Waals surface area contributed by atoms with Crippen molar-refractivity contribution in [2.75, 3.05) is 31.2 Å². The van der Waals surface area contributed by atoms with E-state index in [0.717, 1.165) is 5.56 Å². The smallest absolute Gasteiger partial charge is 0.273 e. The number of morpholine rings is 1. The molecule has 0 radical (unpaired) electrons. The Morgan fingerprint density at radius 1 is 1.21 bits per heavy atom. The largest absolute Gasteiger partial charge is 0.378 e. The van der Waals surface area contributed by atoms with E-state index in [1.807, 2.05) is 4.90 Å². The van der Waals surface area contributed by atoms with Crippen LogP contribution in [-0.4, -0.2) is 47.3 Å². The lowest BCUT2D eigenvalue weighted by molar-refractivity contribution is 0.0941. The molecule has 3 aromatic heterocycles. The Hall–Kier alpha value is -3.33. The summed E-state index contributed by atoms with van der Waals surface area (Å²) in [5.74, 6) is -0.0659. The first-order chi connectivity index (χ1) is 13.7. The fourth-order valence-corrected chi connectivity index (χ4v) is 2.88. The van der Waals surface area contributed by atoms with Crippen LogP contribution >= 0.6 is 0 Å². The van der Waals surface area contributed by atoms with E-state index < -0.39 is 11.7 Å². The van der Waals surface area contributed by atoms with Crippen LogP contribution in [0.1, 0.15) is 16.1 Å². The van der Waals surface area contributed by atoms with Crippen LogP contribution in [0.25, 0.3) is 11.3 Å². The summed E-state index contributed by atoms with van der Waals surface area (Å²) in [6, 6.07) is 6.44. The van der Waals surface area contributed by atoms with E-state index in [2.05, 4.69) is 20.4 Å². The molecule has 0 unspecified atom stereocenters. The molecule has 0 aromatic carbocycles. The summed E-state index contributed by atoms with van der Waals surface area (Å²) >= 11 is 0. The first-order valence-corrected chi connectivity index (χ1v) is 8.83. The van der Waals surface area contributed by atoms with Gasteiger partial charge in [-0.3, -0.25) is 9.78 Å². The van der Waals surface area contributed by atoms with E-state index in [0.29, 0.717) is 43.4 Å². The van der Waals surface area contributed by atoms with Crippen LogP contribution in [0.4, 0.5) is 10.2 Å². The first-order valence-electron chi connectivity index (χ1n) is 8.83. The third-order valence-corrected chi connectivity index (χ3v) is 4.35. The Labute approximate surface area is 160 Å². The number of hydrogen-bond donors (Lipinski definition) is 1. The quantitative estimate of drug-likeness (QED) is 0.721. The molecule has 3 aromatic rings. The molecule has 8 nitrogen and oxygen atoms in total. The lowest BCUT2D eigenvalue weighted by atomic mass is 10.2. The van der Waals surface area contributed by atoms with Gasteiger partial charge in [0.15, 0.2) is 23.1 Å². The van der Waals surface area contributed by atoms with Crippen LogP contribution in [0.15, 0.2) is 47.4 Å². The summed E-state index contributed by atoms with van der Waals surface area (Å²) in [5, 5.41) is 6.47. The number of nitrogens with zero attached hydrogens (tertiary/aromatic N) is 4. The first kappa shape index (κ1) is 18.1. The van der Waals surface area contributed by atoms with E-state index >= 15 is 0 Å². The van der Waals surface area contributed by atoms with Crippen molar-refractivity contribution in [1.29, 1.82) is 0 Å². The van der Waals surface area contributed by atoms with Crippen molar-refractivity contribution in [3.8, 4) is 11.3 Å². The highest BCUT2D eigenvalue weighted by atomic mass is 19.1. The molecule has 1 aliphatic heterocycles. The van der Waals surface area contributed by atoms with Gasteiger partial charge in [0, 0.05) is 49.9 Å². The van der Waals surface area contributed by atoms with Crippen LogP contribution in [-0.2, 0) is 11.3 Å². The van der Waals surface area contributed by atoms with Gasteiger partial charge in [0.2, 0.25) is 0 Å². The number of halogens is 1. The SMILES string of the molecule is O=C(NCc1cnc(N2CCOCC2)c(F)c1)c1cc(-c2ccncc2)on1. The summed E-state index contributed by atoms with van der Waals surface area (Å²) in [7, 11) is 0. The summed E-state index contributed by atoms with van der Waals surface area (Å²) in [6.07, 6.45) is 4.80. The minimum Gasteiger partial charge on any atom is -0.378 e. The topological polar surface area (TPSA) is 93.4 Å². The third-order valence-electron chi connectivity index (χ3n) is 4.35. The van der Waals surface area contributed by atoms with Crippen LogP contribution in [0.3, 0.4) is 0 Å². The van der Waals surface area contributed by atoms with Gasteiger partial charge in [-0.05, 0) is 23.8 Å². The molecule has 4 rings (SSSR count). The second-order valence-electron chi connectivity index (χ2n) is 6.24. The second kappa shape index (κ2) is 8.13. The van der Waals surface area contributed by atoms with Gasteiger partial charge in [0.25, 0.3) is 5.91 Å². The highest BCUT2D eigenvalue weighted by Gasteiger charge is 2.18. The number of aromatic nitrogens is 3. The standard InChI is InChI=1S/C19H18FN5O3/c20-15-9-13(11-22-18(15)25-5-7-27-8-6-25)12-23-19(26)16-10-17(28-24-16)14-1-3-21-4-2-14/h1-4,9-11H,5-8,12H2,(H,23,26). The monoisotopic (exact) mass is 383 g/mol. The fraction of sp³-hybridized carbons (Fsp3) is 0.263. The summed E-state index contributed by atoms with van der Waals surface area (Å²) in [6.45, 7) is 2.44. The van der Waals surface area contributed by atoms with Crippen LogP contribution in [0.2, 0.25) is 0 Å². The van der Waals surface area contributed by atoms with Gasteiger partial charge in [-0.25, -0.2) is 9.37 Å². The molecule has 0 saturated carbocycles. The lowest BCUT2D eigenvalue weighted by Crippen LogP contribution is -2.37. The molecule has 0 atom stereocenters. The summed E-state index contributed by atoms with van der Waals surface area (Å²) in [5.41, 5.74) is 1.47. The molecule has 0 spiro atoms. The predicted octanol–water partition coefficient (Wildman–Crippen LogP) is 2.04. The second-order valence-corrected chi connectivity index (χ2v) is 6.24. The van der Waals surface area contributed by atoms with Gasteiger partial charge in [0.1, 0.15) is 0 Å². The number of carbonyl (C=O) groups is 1. The van der Waals surface area contributed by atoms with Crippen molar-refractivity contribution in [1.82, 2.24) is 20.4 Å². The molecular weight excluding hydrogens is 365 g/mol. The van der Waals surface area contributed by atoms with Gasteiger partial charge in [-0.1, -0.05) is 5.16 Å². The van der Waals surface area contributed by atoms with Gasteiger partial charge in [-0.15, -0.1) is 0 Å². The molecule has 144 valence electrons. The number of ether oxygens (including phenoxy) is 1. The number of pyridine rings is 2. The zero-order chi connectivity index (χ0) is 19.3. The Bertz CT molecular complexity index is 957. The minimum atomic E-state index is -0.421. The van der Waals surface area contributed by atoms with E-state index in [1.54, 1.807) is 36.8 Å². The normalized spacial score (nSPS) is 14.1. The van der Waals surface area contributed by atoms with Gasteiger partial charge >= 0.3 is 0 Å². The maximum atomic E-state index is 14.4. The van der Waals surface area contributed by atoms with Gasteiger partial charge in [-0.2, -0.15) is 0 Å². The Balaban J connectivity index is 1.38. The number of hydrogen-bond acceptors (Lipinski definition) is 7. The maximum Gasteiger partial charge on any atom is 0.273 e. The Morgan fingerprint density at radius 2 is 2.00 bits per heavy atom. The Kier molecular flexibility index (Phi) is 5.24. The summed E-state index contributed by atoms with van der Waals surface area (Å²) in [4.78, 5) is 22.3. The van der Waals surface area contributed by atoms with Crippen molar-refractivity contribution >= 4 is 11.7 Å². The highest BCUT2D eigenvalue weighted by Crippen LogP contribution is 2.20. The molecule has 1 fully saturated rings. The molecule has 1 saturated heterocycles. The van der Waals surface area contributed by atoms with E-state index in [9.17, 15) is 9.18 Å². The predicted molar refractivity (Wildman–Crippen MR) is 98.1 cm³/mol. The number of amides is 1. The number of anilines is 1. The molecule has 0 aliphatic carbocycles. The molecule has 28 heavy (non-hydrogen) atoms. The number of rotatable bonds is 5. The lowest BCUT2D eigenvalue weighted by Gasteiger charge is -2.28. The van der Waals surface area contributed by atoms with Crippen molar-refractivity contribution < 1.29 is 18.4 Å². The van der Waals surface area contributed by atoms with Gasteiger partial charge in [0.05, 0.1) is 13.2 Å². The van der Waals surface area contributed by atoms with E-state index in [-0.39, 0.29) is 12.2 Å².